The number of nitrogens with one attached hydrogen (secondary N) is 1. The summed E-state index contributed by atoms with van der Waals surface area (Å²) in [6.45, 7) is 2.99. The number of hydrogen-bond acceptors (Lipinski definition) is 4. The molecule has 2 aromatic heterocycles. The largest absolute Gasteiger partial charge is 0.309 e. The van der Waals surface area contributed by atoms with Gasteiger partial charge in [-0.15, -0.1) is 11.3 Å². The Labute approximate surface area is 122 Å². The molecule has 3 nitrogen and oxygen atoms in total. The van der Waals surface area contributed by atoms with Gasteiger partial charge in [0.1, 0.15) is 5.01 Å². The first-order valence-corrected chi connectivity index (χ1v) is 7.91. The molecule has 1 aliphatic rings. The molecule has 1 saturated carbocycles. The van der Waals surface area contributed by atoms with Crippen LogP contribution in [0.3, 0.4) is 0 Å². The summed E-state index contributed by atoms with van der Waals surface area (Å²) in [7, 11) is 0. The molecule has 0 saturated heterocycles. The van der Waals surface area contributed by atoms with Crippen molar-refractivity contribution in [3.63, 3.8) is 0 Å². The highest BCUT2D eigenvalue weighted by atomic mass is 32.1. The van der Waals surface area contributed by atoms with E-state index in [2.05, 4.69) is 22.2 Å². The van der Waals surface area contributed by atoms with Gasteiger partial charge in [-0.1, -0.05) is 13.3 Å². The lowest BCUT2D eigenvalue weighted by atomic mass is 10.2. The number of hydrogen-bond donors (Lipinski definition) is 1. The zero-order valence-electron chi connectivity index (χ0n) is 11.5. The quantitative estimate of drug-likeness (QED) is 0.884. The van der Waals surface area contributed by atoms with Crippen molar-refractivity contribution in [2.45, 2.75) is 45.2 Å². The van der Waals surface area contributed by atoms with Crippen LogP contribution < -0.4 is 5.32 Å². The monoisotopic (exact) mass is 291 g/mol. The molecular weight excluding hydrogens is 273 g/mol. The summed E-state index contributed by atoms with van der Waals surface area (Å²) in [6, 6.07) is 2.37. The average molecular weight is 291 g/mol. The summed E-state index contributed by atoms with van der Waals surface area (Å²) in [4.78, 5) is 9.67. The Morgan fingerprint density at radius 1 is 1.45 bits per heavy atom. The van der Waals surface area contributed by atoms with Gasteiger partial charge in [0.05, 0.1) is 11.9 Å². The van der Waals surface area contributed by atoms with Crippen molar-refractivity contribution in [2.24, 2.45) is 0 Å². The molecular formula is C15H18FN3S. The van der Waals surface area contributed by atoms with Gasteiger partial charge in [0.2, 0.25) is 0 Å². The highest BCUT2D eigenvalue weighted by molar-refractivity contribution is 7.15. The molecule has 2 aromatic rings. The summed E-state index contributed by atoms with van der Waals surface area (Å²) < 4.78 is 13.8. The number of pyridine rings is 1. The zero-order chi connectivity index (χ0) is 13.9. The van der Waals surface area contributed by atoms with Crippen LogP contribution in [0.2, 0.25) is 0 Å². The van der Waals surface area contributed by atoms with Crippen molar-refractivity contribution in [1.29, 1.82) is 0 Å². The second-order valence-corrected chi connectivity index (χ2v) is 6.23. The van der Waals surface area contributed by atoms with Gasteiger partial charge >= 0.3 is 0 Å². The van der Waals surface area contributed by atoms with E-state index in [1.54, 1.807) is 23.6 Å². The Hall–Kier alpha value is -1.33. The Balaban J connectivity index is 1.87. The third-order valence-corrected chi connectivity index (χ3v) is 4.53. The molecule has 2 heterocycles. The first kappa shape index (κ1) is 13.6. The molecule has 0 atom stereocenters. The minimum Gasteiger partial charge on any atom is -0.309 e. The van der Waals surface area contributed by atoms with E-state index in [9.17, 15) is 4.39 Å². The topological polar surface area (TPSA) is 37.8 Å². The van der Waals surface area contributed by atoms with Crippen molar-refractivity contribution >= 4 is 11.3 Å². The van der Waals surface area contributed by atoms with Gasteiger partial charge in [-0.25, -0.2) is 9.37 Å². The molecule has 3 rings (SSSR count). The van der Waals surface area contributed by atoms with E-state index in [0.717, 1.165) is 30.1 Å². The van der Waals surface area contributed by atoms with Crippen molar-refractivity contribution in [3.8, 4) is 10.6 Å². The van der Waals surface area contributed by atoms with Gasteiger partial charge in [-0.3, -0.25) is 4.98 Å². The number of rotatable bonds is 6. The van der Waals surface area contributed by atoms with Gasteiger partial charge in [-0.05, 0) is 25.3 Å². The predicted molar refractivity (Wildman–Crippen MR) is 79.2 cm³/mol. The third-order valence-electron chi connectivity index (χ3n) is 3.40. The minimum atomic E-state index is -0.300. The average Bonchev–Trinajstić information content (AvgIpc) is 3.19. The van der Waals surface area contributed by atoms with Crippen molar-refractivity contribution < 1.29 is 4.39 Å². The van der Waals surface area contributed by atoms with E-state index in [1.807, 2.05) is 0 Å². The Bertz CT molecular complexity index is 593. The van der Waals surface area contributed by atoms with E-state index < -0.39 is 0 Å². The van der Waals surface area contributed by atoms with Crippen LogP contribution in [0, 0.1) is 5.82 Å². The molecule has 1 aliphatic carbocycles. The van der Waals surface area contributed by atoms with Crippen molar-refractivity contribution in [3.05, 3.63) is 34.8 Å². The highest BCUT2D eigenvalue weighted by Crippen LogP contribution is 2.31. The fourth-order valence-electron chi connectivity index (χ4n) is 2.14. The summed E-state index contributed by atoms with van der Waals surface area (Å²) in [6.07, 6.45) is 7.41. The first-order valence-electron chi connectivity index (χ1n) is 7.09. The summed E-state index contributed by atoms with van der Waals surface area (Å²) in [5.41, 5.74) is 1.66. The van der Waals surface area contributed by atoms with Crippen LogP contribution in [0.4, 0.5) is 4.39 Å². The molecule has 0 radical (unpaired) electrons. The maximum atomic E-state index is 13.8. The zero-order valence-corrected chi connectivity index (χ0v) is 12.3. The fourth-order valence-corrected chi connectivity index (χ4v) is 3.23. The Morgan fingerprint density at radius 2 is 2.30 bits per heavy atom. The van der Waals surface area contributed by atoms with Gasteiger partial charge in [-0.2, -0.15) is 0 Å². The number of aromatic nitrogens is 2. The number of halogens is 1. The van der Waals surface area contributed by atoms with Crippen molar-refractivity contribution in [2.75, 3.05) is 0 Å². The molecule has 0 aliphatic heterocycles. The van der Waals surface area contributed by atoms with Crippen LogP contribution in [0.5, 0.6) is 0 Å². The van der Waals surface area contributed by atoms with Crippen LogP contribution in [0.1, 0.15) is 36.8 Å². The lowest BCUT2D eigenvalue weighted by Crippen LogP contribution is -2.15. The standard InChI is InChI=1S/C15H18FN3S/c1-2-3-13-14(9-18-10-4-5-10)20-15(19-13)11-6-7-17-8-12(11)16/h6-8,10,18H,2-5,9H2,1H3. The van der Waals surface area contributed by atoms with Crippen LogP contribution in [0.25, 0.3) is 10.6 Å². The molecule has 1 fully saturated rings. The minimum absolute atomic E-state index is 0.300. The van der Waals surface area contributed by atoms with E-state index in [1.165, 1.54) is 23.9 Å². The molecule has 0 spiro atoms. The number of thiazole rings is 1. The lowest BCUT2D eigenvalue weighted by Gasteiger charge is -2.01. The van der Waals surface area contributed by atoms with Gasteiger partial charge < -0.3 is 5.32 Å². The summed E-state index contributed by atoms with van der Waals surface area (Å²) in [5, 5.41) is 4.28. The van der Waals surface area contributed by atoms with Gasteiger partial charge in [0.25, 0.3) is 0 Å². The normalized spacial score (nSPS) is 14.7. The molecule has 20 heavy (non-hydrogen) atoms. The predicted octanol–water partition coefficient (Wildman–Crippen LogP) is 3.55. The Kier molecular flexibility index (Phi) is 4.08. The first-order chi connectivity index (χ1) is 9.78. The molecule has 5 heteroatoms. The SMILES string of the molecule is CCCc1nc(-c2ccncc2F)sc1CNC1CC1. The second kappa shape index (κ2) is 5.97. The number of aryl methyl sites for hydroxylation is 1. The molecule has 0 amide bonds. The van der Waals surface area contributed by atoms with E-state index in [0.29, 0.717) is 11.6 Å². The summed E-state index contributed by atoms with van der Waals surface area (Å²) in [5.74, 6) is -0.300. The fraction of sp³-hybridized carbons (Fsp3) is 0.467. The lowest BCUT2D eigenvalue weighted by molar-refractivity contribution is 0.625. The maximum absolute atomic E-state index is 13.8. The maximum Gasteiger partial charge on any atom is 0.151 e. The second-order valence-electron chi connectivity index (χ2n) is 5.15. The van der Waals surface area contributed by atoms with Crippen LogP contribution >= 0.6 is 11.3 Å². The van der Waals surface area contributed by atoms with Crippen molar-refractivity contribution in [1.82, 2.24) is 15.3 Å². The van der Waals surface area contributed by atoms with Crippen LogP contribution in [0.15, 0.2) is 18.5 Å². The molecule has 0 unspecified atom stereocenters. The molecule has 1 N–H and O–H groups in total. The Morgan fingerprint density at radius 3 is 3.00 bits per heavy atom. The number of nitrogens with zero attached hydrogens (tertiary/aromatic N) is 2. The van der Waals surface area contributed by atoms with E-state index in [4.69, 9.17) is 0 Å². The van der Waals surface area contributed by atoms with E-state index >= 15 is 0 Å². The molecule has 0 bridgehead atoms. The van der Waals surface area contributed by atoms with Crippen LogP contribution in [-0.2, 0) is 13.0 Å². The van der Waals surface area contributed by atoms with Gasteiger partial charge in [0, 0.05) is 29.2 Å². The smallest absolute Gasteiger partial charge is 0.151 e. The van der Waals surface area contributed by atoms with Gasteiger partial charge in [0.15, 0.2) is 5.82 Å². The highest BCUT2D eigenvalue weighted by Gasteiger charge is 2.22. The van der Waals surface area contributed by atoms with E-state index in [-0.39, 0.29) is 5.82 Å². The molecule has 0 aromatic carbocycles. The summed E-state index contributed by atoms with van der Waals surface area (Å²) >= 11 is 1.60. The molecule has 106 valence electrons. The van der Waals surface area contributed by atoms with Crippen LogP contribution in [-0.4, -0.2) is 16.0 Å². The third kappa shape index (κ3) is 3.04.